The molecule has 3 heteroatoms. The predicted molar refractivity (Wildman–Crippen MR) is 80.0 cm³/mol. The summed E-state index contributed by atoms with van der Waals surface area (Å²) < 4.78 is 0. The smallest absolute Gasteiger partial charge is 0.335 e. The number of carbonyl (C=O) groups is 1. The topological polar surface area (TPSA) is 49.3 Å². The van der Waals surface area contributed by atoms with Gasteiger partial charge in [-0.05, 0) is 31.0 Å². The van der Waals surface area contributed by atoms with Gasteiger partial charge in [-0.2, -0.15) is 0 Å². The molecule has 0 saturated heterocycles. The van der Waals surface area contributed by atoms with Gasteiger partial charge in [-0.25, -0.2) is 4.79 Å². The average Bonchev–Trinajstić information content (AvgIpc) is 2.39. The largest absolute Gasteiger partial charge is 0.478 e. The number of unbranched alkanes of at least 4 members (excludes halogenated alkanes) is 5. The first-order chi connectivity index (χ1) is 9.15. The van der Waals surface area contributed by atoms with Crippen LogP contribution in [0.15, 0.2) is 18.2 Å². The Hall–Kier alpha value is -1.51. The molecule has 0 fully saturated rings. The first-order valence-corrected chi connectivity index (χ1v) is 7.23. The Morgan fingerprint density at radius 2 is 1.84 bits per heavy atom. The van der Waals surface area contributed by atoms with Crippen LogP contribution in [0.4, 0.5) is 5.69 Å². The van der Waals surface area contributed by atoms with Crippen LogP contribution >= 0.6 is 0 Å². The maximum atomic E-state index is 10.9. The second kappa shape index (κ2) is 8.57. The van der Waals surface area contributed by atoms with Gasteiger partial charge < -0.3 is 10.4 Å². The molecule has 2 N–H and O–H groups in total. The van der Waals surface area contributed by atoms with Gasteiger partial charge in [0.15, 0.2) is 0 Å². The van der Waals surface area contributed by atoms with Crippen molar-refractivity contribution in [3.63, 3.8) is 0 Å². The lowest BCUT2D eigenvalue weighted by Gasteiger charge is -2.10. The molecule has 0 aliphatic rings. The highest BCUT2D eigenvalue weighted by Crippen LogP contribution is 2.17. The van der Waals surface area contributed by atoms with E-state index in [-0.39, 0.29) is 0 Å². The van der Waals surface area contributed by atoms with Crippen molar-refractivity contribution >= 4 is 11.7 Å². The van der Waals surface area contributed by atoms with Crippen LogP contribution in [0.3, 0.4) is 0 Å². The van der Waals surface area contributed by atoms with E-state index in [2.05, 4.69) is 12.2 Å². The molecule has 1 aromatic carbocycles. The van der Waals surface area contributed by atoms with Gasteiger partial charge in [0.2, 0.25) is 0 Å². The fourth-order valence-corrected chi connectivity index (χ4v) is 2.07. The van der Waals surface area contributed by atoms with E-state index in [1.807, 2.05) is 13.0 Å². The van der Waals surface area contributed by atoms with Gasteiger partial charge in [-0.15, -0.1) is 0 Å². The number of carboxylic acids is 1. The maximum absolute atomic E-state index is 10.9. The molecule has 0 radical (unpaired) electrons. The maximum Gasteiger partial charge on any atom is 0.335 e. The summed E-state index contributed by atoms with van der Waals surface area (Å²) in [5, 5.41) is 12.3. The van der Waals surface area contributed by atoms with Crippen molar-refractivity contribution in [1.29, 1.82) is 0 Å². The minimum Gasteiger partial charge on any atom is -0.478 e. The molecule has 0 aliphatic carbocycles. The van der Waals surface area contributed by atoms with E-state index >= 15 is 0 Å². The summed E-state index contributed by atoms with van der Waals surface area (Å²) in [6.45, 7) is 5.13. The minimum atomic E-state index is -0.873. The first kappa shape index (κ1) is 15.5. The van der Waals surface area contributed by atoms with E-state index in [9.17, 15) is 4.79 Å². The molecule has 19 heavy (non-hydrogen) atoms. The molecule has 0 bridgehead atoms. The van der Waals surface area contributed by atoms with Crippen LogP contribution < -0.4 is 5.32 Å². The summed E-state index contributed by atoms with van der Waals surface area (Å²) in [6, 6.07) is 5.22. The van der Waals surface area contributed by atoms with E-state index in [1.54, 1.807) is 12.1 Å². The Morgan fingerprint density at radius 1 is 1.16 bits per heavy atom. The highest BCUT2D eigenvalue weighted by atomic mass is 16.4. The quantitative estimate of drug-likeness (QED) is 0.646. The van der Waals surface area contributed by atoms with Crippen molar-refractivity contribution in [3.8, 4) is 0 Å². The molecule has 0 saturated carbocycles. The number of benzene rings is 1. The lowest BCUT2D eigenvalue weighted by atomic mass is 10.1. The lowest BCUT2D eigenvalue weighted by Crippen LogP contribution is -2.05. The Bertz CT molecular complexity index is 402. The molecule has 0 aliphatic heterocycles. The third-order valence-corrected chi connectivity index (χ3v) is 3.33. The molecule has 1 aromatic rings. The number of aryl methyl sites for hydroxylation is 1. The van der Waals surface area contributed by atoms with E-state index in [0.29, 0.717) is 5.56 Å². The summed E-state index contributed by atoms with van der Waals surface area (Å²) in [5.41, 5.74) is 2.38. The van der Waals surface area contributed by atoms with Gasteiger partial charge >= 0.3 is 5.97 Å². The summed E-state index contributed by atoms with van der Waals surface area (Å²) in [6.07, 6.45) is 7.60. The molecular weight excluding hydrogens is 238 g/mol. The van der Waals surface area contributed by atoms with Gasteiger partial charge in [0, 0.05) is 12.2 Å². The van der Waals surface area contributed by atoms with Crippen molar-refractivity contribution in [2.75, 3.05) is 11.9 Å². The van der Waals surface area contributed by atoms with Gasteiger partial charge in [0.1, 0.15) is 0 Å². The lowest BCUT2D eigenvalue weighted by molar-refractivity contribution is 0.0697. The van der Waals surface area contributed by atoms with E-state index < -0.39 is 5.97 Å². The zero-order chi connectivity index (χ0) is 14.1. The predicted octanol–water partition coefficient (Wildman–Crippen LogP) is 4.47. The standard InChI is InChI=1S/C16H25NO2/c1-3-4-5-6-7-8-11-17-15-12-14(16(18)19)10-9-13(15)2/h9-10,12,17H,3-8,11H2,1-2H3,(H,18,19). The molecule has 0 heterocycles. The van der Waals surface area contributed by atoms with Gasteiger partial charge in [-0.3, -0.25) is 0 Å². The number of aromatic carboxylic acids is 1. The summed E-state index contributed by atoms with van der Waals surface area (Å²) in [7, 11) is 0. The number of rotatable bonds is 9. The highest BCUT2D eigenvalue weighted by Gasteiger charge is 2.05. The van der Waals surface area contributed by atoms with Gasteiger partial charge in [0.05, 0.1) is 5.56 Å². The van der Waals surface area contributed by atoms with Gasteiger partial charge in [-0.1, -0.05) is 45.1 Å². The van der Waals surface area contributed by atoms with E-state index in [0.717, 1.165) is 24.2 Å². The van der Waals surface area contributed by atoms with Crippen molar-refractivity contribution in [3.05, 3.63) is 29.3 Å². The summed E-state index contributed by atoms with van der Waals surface area (Å²) >= 11 is 0. The molecule has 0 spiro atoms. The second-order valence-electron chi connectivity index (χ2n) is 5.03. The average molecular weight is 263 g/mol. The van der Waals surface area contributed by atoms with E-state index in [4.69, 9.17) is 5.11 Å². The van der Waals surface area contributed by atoms with Crippen LogP contribution in [0.2, 0.25) is 0 Å². The normalized spacial score (nSPS) is 10.4. The zero-order valence-electron chi connectivity index (χ0n) is 12.0. The van der Waals surface area contributed by atoms with Crippen LogP contribution in [0.1, 0.15) is 61.4 Å². The number of anilines is 1. The van der Waals surface area contributed by atoms with Crippen LogP contribution in [-0.2, 0) is 0 Å². The van der Waals surface area contributed by atoms with Crippen molar-refractivity contribution in [2.24, 2.45) is 0 Å². The van der Waals surface area contributed by atoms with Gasteiger partial charge in [0.25, 0.3) is 0 Å². The third kappa shape index (κ3) is 5.77. The highest BCUT2D eigenvalue weighted by molar-refractivity contribution is 5.89. The zero-order valence-corrected chi connectivity index (χ0v) is 12.0. The van der Waals surface area contributed by atoms with Crippen molar-refractivity contribution in [1.82, 2.24) is 0 Å². The number of carboxylic acid groups (broad SMARTS) is 1. The Labute approximate surface area is 116 Å². The van der Waals surface area contributed by atoms with Crippen LogP contribution in [0.5, 0.6) is 0 Å². The molecule has 0 atom stereocenters. The summed E-state index contributed by atoms with van der Waals surface area (Å²) in [5.74, 6) is -0.873. The molecule has 3 nitrogen and oxygen atoms in total. The number of nitrogens with one attached hydrogen (secondary N) is 1. The van der Waals surface area contributed by atoms with Crippen molar-refractivity contribution in [2.45, 2.75) is 52.4 Å². The van der Waals surface area contributed by atoms with E-state index in [1.165, 1.54) is 32.1 Å². The second-order valence-corrected chi connectivity index (χ2v) is 5.03. The molecule has 0 amide bonds. The monoisotopic (exact) mass is 263 g/mol. The molecular formula is C16H25NO2. The SMILES string of the molecule is CCCCCCCCNc1cc(C(=O)O)ccc1C. The van der Waals surface area contributed by atoms with Crippen LogP contribution in [-0.4, -0.2) is 17.6 Å². The Morgan fingerprint density at radius 3 is 2.53 bits per heavy atom. The van der Waals surface area contributed by atoms with Crippen LogP contribution in [0, 0.1) is 6.92 Å². The fourth-order valence-electron chi connectivity index (χ4n) is 2.07. The molecule has 1 rings (SSSR count). The van der Waals surface area contributed by atoms with Crippen molar-refractivity contribution < 1.29 is 9.90 Å². The number of hydrogen-bond donors (Lipinski definition) is 2. The summed E-state index contributed by atoms with van der Waals surface area (Å²) in [4.78, 5) is 10.9. The fraction of sp³-hybridized carbons (Fsp3) is 0.562. The van der Waals surface area contributed by atoms with Crippen LogP contribution in [0.25, 0.3) is 0 Å². The molecule has 106 valence electrons. The Balaban J connectivity index is 2.32. The Kier molecular flexibility index (Phi) is 7.01. The molecule has 0 unspecified atom stereocenters. The first-order valence-electron chi connectivity index (χ1n) is 7.23. The minimum absolute atomic E-state index is 0.344. The molecule has 0 aromatic heterocycles. The number of hydrogen-bond acceptors (Lipinski definition) is 2. The third-order valence-electron chi connectivity index (χ3n) is 3.33.